The third kappa shape index (κ3) is 3.33. The molecule has 122 valence electrons. The van der Waals surface area contributed by atoms with E-state index in [0.717, 1.165) is 39.1 Å². The molecule has 3 rings (SSSR count). The Morgan fingerprint density at radius 1 is 1.36 bits per heavy atom. The number of amides is 1. The number of carbonyl (C=O) groups is 1. The molecular weight excluding hydrogens is 280 g/mol. The maximum atomic E-state index is 12.0. The molecule has 2 saturated heterocycles. The minimum absolute atomic E-state index is 0.128. The van der Waals surface area contributed by atoms with Gasteiger partial charge in [0, 0.05) is 57.5 Å². The summed E-state index contributed by atoms with van der Waals surface area (Å²) in [4.78, 5) is 16.5. The van der Waals surface area contributed by atoms with Gasteiger partial charge in [0.05, 0.1) is 6.20 Å². The van der Waals surface area contributed by atoms with E-state index in [1.54, 1.807) is 7.11 Å². The van der Waals surface area contributed by atoms with Crippen LogP contribution in [0.15, 0.2) is 12.4 Å². The molecule has 1 aromatic heterocycles. The van der Waals surface area contributed by atoms with Crippen molar-refractivity contribution in [2.45, 2.75) is 25.8 Å². The van der Waals surface area contributed by atoms with Gasteiger partial charge in [0.2, 0.25) is 5.91 Å². The first-order valence-electron chi connectivity index (χ1n) is 8.07. The second-order valence-corrected chi connectivity index (χ2v) is 6.83. The summed E-state index contributed by atoms with van der Waals surface area (Å²) >= 11 is 0. The average Bonchev–Trinajstić information content (AvgIpc) is 3.07. The summed E-state index contributed by atoms with van der Waals surface area (Å²) in [6.07, 6.45) is 7.60. The zero-order valence-electron chi connectivity index (χ0n) is 13.6. The number of hydrogen-bond donors (Lipinski definition) is 0. The Kier molecular flexibility index (Phi) is 4.49. The van der Waals surface area contributed by atoms with Crippen LogP contribution < -0.4 is 0 Å². The van der Waals surface area contributed by atoms with Gasteiger partial charge in [-0.25, -0.2) is 0 Å². The summed E-state index contributed by atoms with van der Waals surface area (Å²) in [6.45, 7) is 5.15. The first-order chi connectivity index (χ1) is 10.6. The molecule has 0 unspecified atom stereocenters. The summed E-state index contributed by atoms with van der Waals surface area (Å²) in [5.41, 5.74) is 1.55. The van der Waals surface area contributed by atoms with Gasteiger partial charge in [-0.3, -0.25) is 14.4 Å². The van der Waals surface area contributed by atoms with E-state index >= 15 is 0 Å². The Morgan fingerprint density at radius 2 is 2.23 bits per heavy atom. The van der Waals surface area contributed by atoms with Crippen molar-refractivity contribution in [2.24, 2.45) is 12.5 Å². The summed E-state index contributed by atoms with van der Waals surface area (Å²) in [5.74, 6) is 0.128. The maximum Gasteiger partial charge on any atom is 0.248 e. The first-order valence-corrected chi connectivity index (χ1v) is 8.07. The number of aromatic nitrogens is 2. The zero-order chi connectivity index (χ0) is 15.6. The molecule has 22 heavy (non-hydrogen) atoms. The van der Waals surface area contributed by atoms with Crippen molar-refractivity contribution in [3.05, 3.63) is 18.0 Å². The van der Waals surface area contributed by atoms with Gasteiger partial charge < -0.3 is 9.64 Å². The number of likely N-dealkylation sites (tertiary alicyclic amines) is 2. The molecule has 1 spiro atoms. The van der Waals surface area contributed by atoms with E-state index in [1.165, 1.54) is 18.4 Å². The fourth-order valence-electron chi connectivity index (χ4n) is 3.95. The molecule has 1 aromatic rings. The number of ether oxygens (including phenoxy) is 1. The van der Waals surface area contributed by atoms with Crippen LogP contribution in [0.4, 0.5) is 0 Å². The van der Waals surface area contributed by atoms with E-state index in [1.807, 2.05) is 22.8 Å². The SMILES string of the molecule is COCC(=O)N1CC[C@]2(CCCN(Cc3cnn(C)c3)C2)C1. The monoisotopic (exact) mass is 306 g/mol. The van der Waals surface area contributed by atoms with E-state index in [0.29, 0.717) is 0 Å². The molecule has 3 heterocycles. The smallest absolute Gasteiger partial charge is 0.248 e. The van der Waals surface area contributed by atoms with E-state index in [2.05, 4.69) is 16.2 Å². The highest BCUT2D eigenvalue weighted by Gasteiger charge is 2.42. The lowest BCUT2D eigenvalue weighted by Crippen LogP contribution is -2.45. The highest BCUT2D eigenvalue weighted by atomic mass is 16.5. The fourth-order valence-corrected chi connectivity index (χ4v) is 3.95. The Labute approximate surface area is 132 Å². The minimum atomic E-state index is 0.128. The molecule has 2 aliphatic rings. The summed E-state index contributed by atoms with van der Waals surface area (Å²) in [5, 5.41) is 4.25. The van der Waals surface area contributed by atoms with Crippen LogP contribution in [0.1, 0.15) is 24.8 Å². The molecule has 6 heteroatoms. The van der Waals surface area contributed by atoms with Crippen molar-refractivity contribution >= 4 is 5.91 Å². The van der Waals surface area contributed by atoms with Crippen LogP contribution in [0.25, 0.3) is 0 Å². The van der Waals surface area contributed by atoms with Gasteiger partial charge in [-0.15, -0.1) is 0 Å². The molecule has 1 amide bonds. The van der Waals surface area contributed by atoms with Crippen LogP contribution in [0, 0.1) is 5.41 Å². The summed E-state index contributed by atoms with van der Waals surface area (Å²) in [6, 6.07) is 0. The summed E-state index contributed by atoms with van der Waals surface area (Å²) in [7, 11) is 3.54. The Morgan fingerprint density at radius 3 is 2.95 bits per heavy atom. The van der Waals surface area contributed by atoms with Crippen molar-refractivity contribution in [3.8, 4) is 0 Å². The van der Waals surface area contributed by atoms with E-state index in [4.69, 9.17) is 4.74 Å². The Balaban J connectivity index is 1.59. The largest absolute Gasteiger partial charge is 0.375 e. The molecule has 1 atom stereocenters. The minimum Gasteiger partial charge on any atom is -0.375 e. The third-order valence-electron chi connectivity index (χ3n) is 4.96. The van der Waals surface area contributed by atoms with Crippen molar-refractivity contribution in [1.82, 2.24) is 19.6 Å². The molecule has 0 radical (unpaired) electrons. The van der Waals surface area contributed by atoms with Gasteiger partial charge in [0.25, 0.3) is 0 Å². The van der Waals surface area contributed by atoms with Gasteiger partial charge >= 0.3 is 0 Å². The van der Waals surface area contributed by atoms with Gasteiger partial charge in [-0.1, -0.05) is 0 Å². The number of hydrogen-bond acceptors (Lipinski definition) is 4. The second-order valence-electron chi connectivity index (χ2n) is 6.83. The van der Waals surface area contributed by atoms with Crippen LogP contribution in [0.5, 0.6) is 0 Å². The molecule has 2 fully saturated rings. The van der Waals surface area contributed by atoms with Gasteiger partial charge in [0.15, 0.2) is 0 Å². The molecule has 2 aliphatic heterocycles. The van der Waals surface area contributed by atoms with E-state index in [9.17, 15) is 4.79 Å². The molecule has 6 nitrogen and oxygen atoms in total. The van der Waals surface area contributed by atoms with Gasteiger partial charge in [-0.2, -0.15) is 5.10 Å². The van der Waals surface area contributed by atoms with Gasteiger partial charge in [0.1, 0.15) is 6.61 Å². The lowest BCUT2D eigenvalue weighted by molar-refractivity contribution is -0.134. The topological polar surface area (TPSA) is 50.6 Å². The molecule has 0 saturated carbocycles. The number of carbonyl (C=O) groups excluding carboxylic acids is 1. The fraction of sp³-hybridized carbons (Fsp3) is 0.750. The van der Waals surface area contributed by atoms with Crippen LogP contribution in [-0.4, -0.2) is 65.4 Å². The lowest BCUT2D eigenvalue weighted by Gasteiger charge is -2.40. The lowest BCUT2D eigenvalue weighted by atomic mass is 9.79. The van der Waals surface area contributed by atoms with E-state index in [-0.39, 0.29) is 17.9 Å². The molecular formula is C16H26N4O2. The number of piperidine rings is 1. The highest BCUT2D eigenvalue weighted by Crippen LogP contribution is 2.39. The third-order valence-corrected chi connectivity index (χ3v) is 4.96. The Hall–Kier alpha value is -1.40. The highest BCUT2D eigenvalue weighted by molar-refractivity contribution is 5.77. The summed E-state index contributed by atoms with van der Waals surface area (Å²) < 4.78 is 6.84. The quantitative estimate of drug-likeness (QED) is 0.829. The molecule has 0 bridgehead atoms. The molecule has 0 N–H and O–H groups in total. The van der Waals surface area contributed by atoms with Crippen molar-refractivity contribution in [3.63, 3.8) is 0 Å². The van der Waals surface area contributed by atoms with Crippen LogP contribution >= 0.6 is 0 Å². The van der Waals surface area contributed by atoms with Crippen LogP contribution in [0.2, 0.25) is 0 Å². The number of rotatable bonds is 4. The number of nitrogens with zero attached hydrogens (tertiary/aromatic N) is 4. The van der Waals surface area contributed by atoms with Gasteiger partial charge in [-0.05, 0) is 25.8 Å². The van der Waals surface area contributed by atoms with Crippen molar-refractivity contribution < 1.29 is 9.53 Å². The molecule has 0 aliphatic carbocycles. The first kappa shape index (κ1) is 15.5. The number of methoxy groups -OCH3 is 1. The van der Waals surface area contributed by atoms with Crippen molar-refractivity contribution in [2.75, 3.05) is 39.9 Å². The predicted molar refractivity (Wildman–Crippen MR) is 83.2 cm³/mol. The van der Waals surface area contributed by atoms with E-state index < -0.39 is 0 Å². The maximum absolute atomic E-state index is 12.0. The second kappa shape index (κ2) is 6.38. The van der Waals surface area contributed by atoms with Crippen LogP contribution in [0.3, 0.4) is 0 Å². The standard InChI is InChI=1S/C16H26N4O2/c1-18-9-14(8-17-18)10-19-6-3-4-16(12-19)5-7-20(13-16)15(21)11-22-2/h8-9H,3-7,10-13H2,1-2H3/t16-/m0/s1. The van der Waals surface area contributed by atoms with Crippen molar-refractivity contribution in [1.29, 1.82) is 0 Å². The Bertz CT molecular complexity index is 530. The normalized spacial score (nSPS) is 26.0. The average molecular weight is 306 g/mol. The predicted octanol–water partition coefficient (Wildman–Crippen LogP) is 0.881. The van der Waals surface area contributed by atoms with Crippen LogP contribution in [-0.2, 0) is 23.1 Å². The number of aryl methyl sites for hydroxylation is 1. The zero-order valence-corrected chi connectivity index (χ0v) is 13.6. The molecule has 0 aromatic carbocycles.